The fraction of sp³-hybridized carbons (Fsp3) is 0.429. The largest absolute Gasteiger partial charge is 0.0627 e. The molecule has 0 atom stereocenters. The Morgan fingerprint density at radius 1 is 0.818 bits per heavy atom. The van der Waals surface area contributed by atoms with Gasteiger partial charge in [-0.2, -0.15) is 0 Å². The van der Waals surface area contributed by atoms with Gasteiger partial charge in [0.05, 0.1) is 0 Å². The van der Waals surface area contributed by atoms with Crippen molar-refractivity contribution < 1.29 is 0 Å². The minimum atomic E-state index is 0.190. The van der Waals surface area contributed by atoms with Crippen molar-refractivity contribution in [3.63, 3.8) is 0 Å². The Hall–Kier alpha value is -0.830. The molecule has 1 heteroatoms. The van der Waals surface area contributed by atoms with Crippen LogP contribution in [0.5, 0.6) is 0 Å². The van der Waals surface area contributed by atoms with Crippen molar-refractivity contribution in [3.8, 4) is 11.1 Å². The summed E-state index contributed by atoms with van der Waals surface area (Å²) in [4.78, 5) is 0. The quantitative estimate of drug-likeness (QED) is 0.501. The van der Waals surface area contributed by atoms with Crippen LogP contribution in [-0.2, 0) is 5.41 Å². The van der Waals surface area contributed by atoms with Crippen LogP contribution in [0.1, 0.15) is 51.7 Å². The highest BCUT2D eigenvalue weighted by molar-refractivity contribution is 14.1. The van der Waals surface area contributed by atoms with E-state index in [1.54, 1.807) is 11.1 Å². The van der Waals surface area contributed by atoms with E-state index in [9.17, 15) is 0 Å². The van der Waals surface area contributed by atoms with Gasteiger partial charge in [0.2, 0.25) is 0 Å². The number of benzene rings is 2. The Labute approximate surface area is 148 Å². The fourth-order valence-corrected chi connectivity index (χ4v) is 4.84. The third-order valence-electron chi connectivity index (χ3n) is 4.74. The predicted octanol–water partition coefficient (Wildman–Crippen LogP) is 6.65. The molecule has 1 aliphatic carbocycles. The number of hydrogen-bond acceptors (Lipinski definition) is 0. The first-order chi connectivity index (χ1) is 10.4. The summed E-state index contributed by atoms with van der Waals surface area (Å²) in [5.74, 6) is 1.38. The third-order valence-corrected chi connectivity index (χ3v) is 5.41. The topological polar surface area (TPSA) is 0 Å². The van der Waals surface area contributed by atoms with Gasteiger partial charge in [-0.25, -0.2) is 0 Å². The van der Waals surface area contributed by atoms with Crippen LogP contribution in [0.15, 0.2) is 42.5 Å². The van der Waals surface area contributed by atoms with Crippen molar-refractivity contribution in [2.24, 2.45) is 11.8 Å². The normalized spacial score (nSPS) is 15.2. The Balaban J connectivity index is 2.29. The molecule has 0 N–H and O–H groups in total. The summed E-state index contributed by atoms with van der Waals surface area (Å²) in [5, 5.41) is 0. The molecular weight excluding hydrogens is 379 g/mol. The number of hydrogen-bond donors (Lipinski definition) is 0. The fourth-order valence-electron chi connectivity index (χ4n) is 4.34. The van der Waals surface area contributed by atoms with Crippen LogP contribution in [0.4, 0.5) is 0 Å². The number of rotatable bonds is 4. The summed E-state index contributed by atoms with van der Waals surface area (Å²) >= 11 is 2.46. The van der Waals surface area contributed by atoms with Gasteiger partial charge in [-0.05, 0) is 81.7 Å². The first-order valence-corrected chi connectivity index (χ1v) is 9.42. The lowest BCUT2D eigenvalue weighted by Gasteiger charge is -2.35. The van der Waals surface area contributed by atoms with Gasteiger partial charge in [0.15, 0.2) is 0 Å². The van der Waals surface area contributed by atoms with Crippen LogP contribution in [0.2, 0.25) is 0 Å². The highest BCUT2D eigenvalue weighted by atomic mass is 127. The Morgan fingerprint density at radius 2 is 1.41 bits per heavy atom. The number of halogens is 1. The molecule has 0 nitrogen and oxygen atoms in total. The van der Waals surface area contributed by atoms with Gasteiger partial charge < -0.3 is 0 Å². The smallest absolute Gasteiger partial charge is 0.0220 e. The molecule has 0 unspecified atom stereocenters. The van der Waals surface area contributed by atoms with Gasteiger partial charge >= 0.3 is 0 Å². The highest BCUT2D eigenvalue weighted by Gasteiger charge is 2.43. The molecule has 0 spiro atoms. The molecule has 2 aromatic rings. The molecule has 0 saturated heterocycles. The number of fused-ring (bicyclic) bond motifs is 3. The van der Waals surface area contributed by atoms with Crippen LogP contribution < -0.4 is 0 Å². The van der Waals surface area contributed by atoms with Crippen LogP contribution in [0.3, 0.4) is 0 Å². The molecule has 0 radical (unpaired) electrons. The standard InChI is InChI=1S/C21H25I/c1-14(2)12-21(13-15(3)4)19-8-6-5-7-17(19)18-10-9-16(22)11-20(18)21/h5-11,14-15H,12-13H2,1-4H3. The Bertz CT molecular complexity index is 672. The van der Waals surface area contributed by atoms with E-state index in [1.165, 1.54) is 27.5 Å². The van der Waals surface area contributed by atoms with Gasteiger partial charge in [0.1, 0.15) is 0 Å². The summed E-state index contributed by atoms with van der Waals surface area (Å²) in [6.45, 7) is 9.43. The summed E-state index contributed by atoms with van der Waals surface area (Å²) in [6.07, 6.45) is 2.46. The van der Waals surface area contributed by atoms with Crippen molar-refractivity contribution in [2.75, 3.05) is 0 Å². The molecule has 22 heavy (non-hydrogen) atoms. The highest BCUT2D eigenvalue weighted by Crippen LogP contribution is 2.55. The van der Waals surface area contributed by atoms with Crippen LogP contribution in [0, 0.1) is 15.4 Å². The SMILES string of the molecule is CC(C)CC1(CC(C)C)c2ccccc2-c2ccc(I)cc21. The summed E-state index contributed by atoms with van der Waals surface area (Å²) in [7, 11) is 0. The van der Waals surface area contributed by atoms with Crippen LogP contribution in [0.25, 0.3) is 11.1 Å². The van der Waals surface area contributed by atoms with Gasteiger partial charge in [-0.15, -0.1) is 0 Å². The van der Waals surface area contributed by atoms with E-state index in [-0.39, 0.29) is 5.41 Å². The maximum absolute atomic E-state index is 2.46. The van der Waals surface area contributed by atoms with E-state index >= 15 is 0 Å². The zero-order chi connectivity index (χ0) is 15.9. The molecule has 0 fully saturated rings. The second-order valence-corrected chi connectivity index (χ2v) is 8.76. The average molecular weight is 404 g/mol. The monoisotopic (exact) mass is 404 g/mol. The molecule has 116 valence electrons. The average Bonchev–Trinajstić information content (AvgIpc) is 2.68. The lowest BCUT2D eigenvalue weighted by Crippen LogP contribution is -2.29. The van der Waals surface area contributed by atoms with Crippen molar-refractivity contribution in [2.45, 2.75) is 46.0 Å². The third kappa shape index (κ3) is 2.62. The van der Waals surface area contributed by atoms with Crippen molar-refractivity contribution >= 4 is 22.6 Å². The van der Waals surface area contributed by atoms with Crippen LogP contribution in [-0.4, -0.2) is 0 Å². The zero-order valence-electron chi connectivity index (χ0n) is 14.0. The second-order valence-electron chi connectivity index (χ2n) is 7.51. The van der Waals surface area contributed by atoms with E-state index in [0.717, 1.165) is 0 Å². The van der Waals surface area contributed by atoms with E-state index in [0.29, 0.717) is 11.8 Å². The lowest BCUT2D eigenvalue weighted by molar-refractivity contribution is 0.337. The van der Waals surface area contributed by atoms with E-state index in [2.05, 4.69) is 92.8 Å². The molecular formula is C21H25I. The van der Waals surface area contributed by atoms with Crippen LogP contribution >= 0.6 is 22.6 Å². The van der Waals surface area contributed by atoms with E-state index in [4.69, 9.17) is 0 Å². The summed E-state index contributed by atoms with van der Waals surface area (Å²) < 4.78 is 1.35. The molecule has 0 heterocycles. The summed E-state index contributed by atoms with van der Waals surface area (Å²) in [6, 6.07) is 16.1. The van der Waals surface area contributed by atoms with Crippen molar-refractivity contribution in [1.29, 1.82) is 0 Å². The molecule has 3 rings (SSSR count). The Morgan fingerprint density at radius 3 is 2.05 bits per heavy atom. The molecule has 2 aromatic carbocycles. The lowest BCUT2D eigenvalue weighted by atomic mass is 9.68. The maximum atomic E-state index is 2.46. The minimum absolute atomic E-state index is 0.190. The van der Waals surface area contributed by atoms with Crippen molar-refractivity contribution in [1.82, 2.24) is 0 Å². The molecule has 0 saturated carbocycles. The van der Waals surface area contributed by atoms with Gasteiger partial charge in [0, 0.05) is 8.99 Å². The molecule has 0 aromatic heterocycles. The van der Waals surface area contributed by atoms with E-state index in [1.807, 2.05) is 0 Å². The molecule has 0 amide bonds. The molecule has 0 aliphatic heterocycles. The first kappa shape index (κ1) is 16.0. The zero-order valence-corrected chi connectivity index (χ0v) is 16.1. The first-order valence-electron chi connectivity index (χ1n) is 8.34. The second kappa shape index (κ2) is 5.99. The Kier molecular flexibility index (Phi) is 4.37. The van der Waals surface area contributed by atoms with Gasteiger partial charge in [-0.3, -0.25) is 0 Å². The van der Waals surface area contributed by atoms with Crippen molar-refractivity contribution in [3.05, 3.63) is 57.2 Å². The molecule has 1 aliphatic rings. The van der Waals surface area contributed by atoms with Gasteiger partial charge in [-0.1, -0.05) is 58.0 Å². The summed E-state index contributed by atoms with van der Waals surface area (Å²) in [5.41, 5.74) is 6.21. The minimum Gasteiger partial charge on any atom is -0.0627 e. The van der Waals surface area contributed by atoms with E-state index < -0.39 is 0 Å². The predicted molar refractivity (Wildman–Crippen MR) is 104 cm³/mol. The maximum Gasteiger partial charge on any atom is 0.0220 e. The molecule has 0 bridgehead atoms. The van der Waals surface area contributed by atoms with Gasteiger partial charge in [0.25, 0.3) is 0 Å².